The van der Waals surface area contributed by atoms with E-state index in [0.717, 1.165) is 11.1 Å². The van der Waals surface area contributed by atoms with Gasteiger partial charge in [0.1, 0.15) is 12.3 Å². The first-order valence-electron chi connectivity index (χ1n) is 9.97. The number of benzene rings is 2. The minimum atomic E-state index is -0.182. The van der Waals surface area contributed by atoms with Crippen molar-refractivity contribution in [3.63, 3.8) is 0 Å². The van der Waals surface area contributed by atoms with Crippen molar-refractivity contribution in [3.05, 3.63) is 78.2 Å². The van der Waals surface area contributed by atoms with Crippen LogP contribution in [-0.4, -0.2) is 34.1 Å². The van der Waals surface area contributed by atoms with E-state index in [9.17, 15) is 4.79 Å². The summed E-state index contributed by atoms with van der Waals surface area (Å²) >= 11 is 0. The number of ether oxygens (including phenoxy) is 1. The number of carbonyl (C=O) groups is 1. The number of hydrogen-bond acceptors (Lipinski definition) is 5. The number of nitrogens with zero attached hydrogens (tertiary/aromatic N) is 3. The average molecular weight is 405 g/mol. The van der Waals surface area contributed by atoms with E-state index in [4.69, 9.17) is 9.26 Å². The third kappa shape index (κ3) is 5.56. The fraction of sp³-hybridized carbons (Fsp3) is 0.292. The van der Waals surface area contributed by atoms with Crippen LogP contribution in [-0.2, 0) is 11.3 Å². The Labute approximate surface area is 177 Å². The summed E-state index contributed by atoms with van der Waals surface area (Å²) < 4.78 is 11.0. The van der Waals surface area contributed by atoms with E-state index in [1.54, 1.807) is 11.0 Å². The highest BCUT2D eigenvalue weighted by atomic mass is 16.5. The number of carbonyl (C=O) groups excluding carboxylic acids is 1. The third-order valence-corrected chi connectivity index (χ3v) is 4.68. The molecule has 156 valence electrons. The molecule has 3 aromatic rings. The first-order chi connectivity index (χ1) is 14.5. The summed E-state index contributed by atoms with van der Waals surface area (Å²) in [5, 5.41) is 4.03. The molecule has 0 aliphatic heterocycles. The van der Waals surface area contributed by atoms with Crippen LogP contribution in [0.2, 0.25) is 0 Å². The zero-order chi connectivity index (χ0) is 21.5. The second-order valence-corrected chi connectivity index (χ2v) is 7.46. The molecule has 0 saturated carbocycles. The summed E-state index contributed by atoms with van der Waals surface area (Å²) in [7, 11) is 0. The molecule has 0 bridgehead atoms. The van der Waals surface area contributed by atoms with Crippen LogP contribution in [0.25, 0.3) is 11.4 Å². The summed E-state index contributed by atoms with van der Waals surface area (Å²) in [6, 6.07) is 15.6. The molecule has 30 heavy (non-hydrogen) atoms. The summed E-state index contributed by atoms with van der Waals surface area (Å²) in [5.74, 6) is 1.79. The molecular weight excluding hydrogens is 378 g/mol. The molecule has 0 aliphatic carbocycles. The molecule has 0 unspecified atom stereocenters. The van der Waals surface area contributed by atoms with Gasteiger partial charge in [-0.3, -0.25) is 4.79 Å². The fourth-order valence-electron chi connectivity index (χ4n) is 2.98. The van der Waals surface area contributed by atoms with E-state index in [1.807, 2.05) is 55.5 Å². The second-order valence-electron chi connectivity index (χ2n) is 7.46. The molecule has 0 fully saturated rings. The molecule has 0 saturated heterocycles. The fourth-order valence-corrected chi connectivity index (χ4v) is 2.98. The normalized spacial score (nSPS) is 10.8. The van der Waals surface area contributed by atoms with E-state index in [1.165, 1.54) is 5.56 Å². The van der Waals surface area contributed by atoms with Gasteiger partial charge in [-0.15, -0.1) is 6.58 Å². The van der Waals surface area contributed by atoms with Gasteiger partial charge in [0.05, 0.1) is 0 Å². The Morgan fingerprint density at radius 2 is 2.00 bits per heavy atom. The van der Waals surface area contributed by atoms with Crippen molar-refractivity contribution in [1.82, 2.24) is 15.0 Å². The number of aromatic nitrogens is 2. The van der Waals surface area contributed by atoms with Crippen molar-refractivity contribution >= 4 is 5.91 Å². The van der Waals surface area contributed by atoms with Crippen LogP contribution in [0.5, 0.6) is 5.75 Å². The lowest BCUT2D eigenvalue weighted by Gasteiger charge is -2.19. The smallest absolute Gasteiger partial charge is 0.261 e. The van der Waals surface area contributed by atoms with E-state index >= 15 is 0 Å². The lowest BCUT2D eigenvalue weighted by molar-refractivity contribution is -0.133. The summed E-state index contributed by atoms with van der Waals surface area (Å²) in [6.07, 6.45) is 1.66. The Morgan fingerprint density at radius 1 is 1.23 bits per heavy atom. The number of aryl methyl sites for hydroxylation is 1. The monoisotopic (exact) mass is 405 g/mol. The van der Waals surface area contributed by atoms with Gasteiger partial charge >= 0.3 is 0 Å². The van der Waals surface area contributed by atoms with Crippen LogP contribution in [0.3, 0.4) is 0 Å². The van der Waals surface area contributed by atoms with Gasteiger partial charge in [-0.2, -0.15) is 4.98 Å². The SMILES string of the molecule is C=CCN(Cc1nc(-c2cccc(C)c2)no1)C(=O)COc1ccc(C(C)C)cc1. The highest BCUT2D eigenvalue weighted by molar-refractivity contribution is 5.77. The van der Waals surface area contributed by atoms with Crippen molar-refractivity contribution in [1.29, 1.82) is 0 Å². The van der Waals surface area contributed by atoms with Crippen LogP contribution < -0.4 is 4.74 Å². The molecule has 1 heterocycles. The molecule has 6 heteroatoms. The molecule has 6 nitrogen and oxygen atoms in total. The standard InChI is InChI=1S/C24H27N3O3/c1-5-13-27(23(28)16-29-21-11-9-19(10-12-21)17(2)3)15-22-25-24(26-30-22)20-8-6-7-18(4)14-20/h5-12,14,17H,1,13,15-16H2,2-4H3. The van der Waals surface area contributed by atoms with Gasteiger partial charge in [0.25, 0.3) is 5.91 Å². The Morgan fingerprint density at radius 3 is 2.67 bits per heavy atom. The van der Waals surface area contributed by atoms with Crippen LogP contribution >= 0.6 is 0 Å². The number of hydrogen-bond donors (Lipinski definition) is 0. The maximum absolute atomic E-state index is 12.7. The predicted octanol–water partition coefficient (Wildman–Crippen LogP) is 4.76. The van der Waals surface area contributed by atoms with Gasteiger partial charge in [-0.25, -0.2) is 0 Å². The van der Waals surface area contributed by atoms with Gasteiger partial charge in [0.15, 0.2) is 6.61 Å². The highest BCUT2D eigenvalue weighted by Crippen LogP contribution is 2.19. The van der Waals surface area contributed by atoms with Crippen molar-refractivity contribution in [2.24, 2.45) is 0 Å². The maximum Gasteiger partial charge on any atom is 0.261 e. The molecule has 0 N–H and O–H groups in total. The van der Waals surface area contributed by atoms with Crippen LogP contribution in [0.4, 0.5) is 0 Å². The number of amides is 1. The van der Waals surface area contributed by atoms with Gasteiger partial charge in [0, 0.05) is 12.1 Å². The Hall–Kier alpha value is -3.41. The Bertz CT molecular complexity index is 993. The molecule has 0 radical (unpaired) electrons. The minimum absolute atomic E-state index is 0.0757. The minimum Gasteiger partial charge on any atom is -0.484 e. The molecule has 1 amide bonds. The first-order valence-corrected chi connectivity index (χ1v) is 9.97. The maximum atomic E-state index is 12.7. The quantitative estimate of drug-likeness (QED) is 0.480. The van der Waals surface area contributed by atoms with Crippen molar-refractivity contribution in [3.8, 4) is 17.1 Å². The van der Waals surface area contributed by atoms with E-state index in [-0.39, 0.29) is 19.1 Å². The van der Waals surface area contributed by atoms with Gasteiger partial charge in [-0.05, 0) is 36.6 Å². The van der Waals surface area contributed by atoms with Gasteiger partial charge in [0.2, 0.25) is 11.7 Å². The van der Waals surface area contributed by atoms with Crippen molar-refractivity contribution in [2.75, 3.05) is 13.2 Å². The summed E-state index contributed by atoms with van der Waals surface area (Å²) in [5.41, 5.74) is 3.21. The van der Waals surface area contributed by atoms with E-state index < -0.39 is 0 Å². The first kappa shape index (κ1) is 21.3. The second kappa shape index (κ2) is 9.87. The average Bonchev–Trinajstić information content (AvgIpc) is 3.20. The van der Waals surface area contributed by atoms with Crippen LogP contribution in [0, 0.1) is 6.92 Å². The van der Waals surface area contributed by atoms with E-state index in [0.29, 0.717) is 29.9 Å². The van der Waals surface area contributed by atoms with Crippen LogP contribution in [0.15, 0.2) is 65.7 Å². The third-order valence-electron chi connectivity index (χ3n) is 4.68. The molecule has 0 aliphatic rings. The zero-order valence-corrected chi connectivity index (χ0v) is 17.7. The molecular formula is C24H27N3O3. The van der Waals surface area contributed by atoms with Gasteiger partial charge in [-0.1, -0.05) is 61.0 Å². The summed E-state index contributed by atoms with van der Waals surface area (Å²) in [6.45, 7) is 10.5. The summed E-state index contributed by atoms with van der Waals surface area (Å²) in [4.78, 5) is 18.7. The van der Waals surface area contributed by atoms with E-state index in [2.05, 4.69) is 30.6 Å². The molecule has 1 aromatic heterocycles. The number of rotatable bonds is 9. The molecule has 0 atom stereocenters. The van der Waals surface area contributed by atoms with Gasteiger partial charge < -0.3 is 14.2 Å². The van der Waals surface area contributed by atoms with Crippen molar-refractivity contribution < 1.29 is 14.1 Å². The topological polar surface area (TPSA) is 68.5 Å². The largest absolute Gasteiger partial charge is 0.484 e. The molecule has 0 spiro atoms. The Balaban J connectivity index is 1.62. The zero-order valence-electron chi connectivity index (χ0n) is 17.7. The van der Waals surface area contributed by atoms with Crippen LogP contribution in [0.1, 0.15) is 36.8 Å². The Kier molecular flexibility index (Phi) is 7.01. The molecule has 3 rings (SSSR count). The molecule has 2 aromatic carbocycles. The lowest BCUT2D eigenvalue weighted by Crippen LogP contribution is -2.34. The van der Waals surface area contributed by atoms with Crippen molar-refractivity contribution in [2.45, 2.75) is 33.2 Å². The predicted molar refractivity (Wildman–Crippen MR) is 116 cm³/mol. The lowest BCUT2D eigenvalue weighted by atomic mass is 10.0. The highest BCUT2D eigenvalue weighted by Gasteiger charge is 2.18.